The molecule has 0 saturated carbocycles. The molecule has 0 spiro atoms. The largest absolute Gasteiger partial charge is 0.462 e. The Morgan fingerprint density at radius 3 is 0.738 bits per heavy atom. The molecule has 0 rings (SSSR count). The van der Waals surface area contributed by atoms with Gasteiger partial charge in [-0.15, -0.1) is 0 Å². The van der Waals surface area contributed by atoms with Gasteiger partial charge in [-0.05, 0) is 116 Å². The van der Waals surface area contributed by atoms with Gasteiger partial charge in [0.2, 0.25) is 0 Å². The summed E-state index contributed by atoms with van der Waals surface area (Å²) in [5.74, 6) is -0.885. The third kappa shape index (κ3) is 65.7. The van der Waals surface area contributed by atoms with Crippen LogP contribution < -0.4 is 0 Å². The molecule has 0 heterocycles. The molecule has 0 aromatic carbocycles. The van der Waals surface area contributed by atoms with Crippen molar-refractivity contribution in [1.29, 1.82) is 0 Å². The summed E-state index contributed by atoms with van der Waals surface area (Å²) in [6.07, 6.45) is 89.3. The van der Waals surface area contributed by atoms with Gasteiger partial charge in [0.15, 0.2) is 6.10 Å². The molecule has 0 N–H and O–H groups in total. The van der Waals surface area contributed by atoms with Gasteiger partial charge >= 0.3 is 17.9 Å². The number of carbonyl (C=O) groups excluding carboxylic acids is 3. The third-order valence-corrected chi connectivity index (χ3v) is 15.4. The molecule has 0 aromatic heterocycles. The highest BCUT2D eigenvalue weighted by molar-refractivity contribution is 5.71. The molecule has 0 bridgehead atoms. The molecule has 6 heteroatoms. The van der Waals surface area contributed by atoms with E-state index in [0.29, 0.717) is 19.3 Å². The second-order valence-electron chi connectivity index (χ2n) is 23.4. The molecule has 0 aliphatic rings. The summed E-state index contributed by atoms with van der Waals surface area (Å²) in [7, 11) is 0. The van der Waals surface area contributed by atoms with E-state index in [4.69, 9.17) is 14.2 Å². The molecule has 0 fully saturated rings. The van der Waals surface area contributed by atoms with Crippen LogP contribution in [0.1, 0.15) is 361 Å². The van der Waals surface area contributed by atoms with Crippen molar-refractivity contribution in [3.8, 4) is 0 Å². The van der Waals surface area contributed by atoms with Crippen LogP contribution in [-0.2, 0) is 28.6 Å². The van der Waals surface area contributed by atoms with E-state index < -0.39 is 6.10 Å². The van der Waals surface area contributed by atoms with E-state index >= 15 is 0 Å². The van der Waals surface area contributed by atoms with E-state index in [-0.39, 0.29) is 31.1 Å². The van der Waals surface area contributed by atoms with Crippen LogP contribution in [-0.4, -0.2) is 37.2 Å². The normalized spacial score (nSPS) is 12.5. The highest BCUT2D eigenvalue weighted by atomic mass is 16.6. The lowest BCUT2D eigenvalue weighted by atomic mass is 10.0. The van der Waals surface area contributed by atoms with Crippen molar-refractivity contribution in [2.24, 2.45) is 0 Å². The average Bonchev–Trinajstić information content (AvgIpc) is 3.46. The van der Waals surface area contributed by atoms with Crippen LogP contribution in [0.3, 0.4) is 0 Å². The van der Waals surface area contributed by atoms with Gasteiger partial charge in [-0.25, -0.2) is 0 Å². The fourth-order valence-electron chi connectivity index (χ4n) is 10.1. The van der Waals surface area contributed by atoms with Crippen molar-refractivity contribution < 1.29 is 28.6 Å². The van der Waals surface area contributed by atoms with Crippen molar-refractivity contribution in [3.05, 3.63) is 72.9 Å². The maximum absolute atomic E-state index is 12.9. The smallest absolute Gasteiger partial charge is 0.306 e. The number of rotatable bonds is 64. The summed E-state index contributed by atoms with van der Waals surface area (Å²) in [4.78, 5) is 38.4. The Morgan fingerprint density at radius 1 is 0.250 bits per heavy atom. The fraction of sp³-hybridized carbons (Fsp3) is 0.797. The molecule has 80 heavy (non-hydrogen) atoms. The third-order valence-electron chi connectivity index (χ3n) is 15.4. The van der Waals surface area contributed by atoms with Crippen LogP contribution in [0.4, 0.5) is 0 Å². The van der Waals surface area contributed by atoms with Crippen LogP contribution in [0.15, 0.2) is 72.9 Å². The summed E-state index contributed by atoms with van der Waals surface area (Å²) in [6, 6.07) is 0. The molecular formula is C74H132O6. The first kappa shape index (κ1) is 76.9. The van der Waals surface area contributed by atoms with Gasteiger partial charge < -0.3 is 14.2 Å². The van der Waals surface area contributed by atoms with E-state index in [1.807, 2.05) is 0 Å². The minimum atomic E-state index is -0.786. The Hall–Kier alpha value is -3.15. The molecule has 0 aliphatic heterocycles. The van der Waals surface area contributed by atoms with Gasteiger partial charge in [-0.3, -0.25) is 14.4 Å². The van der Waals surface area contributed by atoms with Crippen molar-refractivity contribution in [1.82, 2.24) is 0 Å². The van der Waals surface area contributed by atoms with Gasteiger partial charge in [0, 0.05) is 19.3 Å². The van der Waals surface area contributed by atoms with E-state index in [0.717, 1.165) is 96.3 Å². The maximum Gasteiger partial charge on any atom is 0.306 e. The number of hydrogen-bond acceptors (Lipinski definition) is 6. The number of hydrogen-bond donors (Lipinski definition) is 0. The predicted molar refractivity (Wildman–Crippen MR) is 348 cm³/mol. The number of unbranched alkanes of at least 4 members (excludes halogenated alkanes) is 41. The number of carbonyl (C=O) groups is 3. The van der Waals surface area contributed by atoms with E-state index in [1.165, 1.54) is 225 Å². The van der Waals surface area contributed by atoms with Crippen LogP contribution in [0, 0.1) is 0 Å². The first-order valence-electron chi connectivity index (χ1n) is 34.9. The second-order valence-corrected chi connectivity index (χ2v) is 23.4. The summed E-state index contributed by atoms with van der Waals surface area (Å²) in [5, 5.41) is 0. The quantitative estimate of drug-likeness (QED) is 0.0261. The molecular weight excluding hydrogens is 985 g/mol. The Bertz CT molecular complexity index is 1470. The SMILES string of the molecule is CCCCC/C=C\CCCCCCCC(=O)OCC(COC(=O)CCCCCCCCCCCCCCCCCCC/C=C\C/C=C\CCCCCCC)OC(=O)CCCCCCCC/C=C\C/C=C\C/C=C\CCCCCCC. The molecule has 6 nitrogen and oxygen atoms in total. The van der Waals surface area contributed by atoms with Gasteiger partial charge in [0.1, 0.15) is 13.2 Å². The molecule has 0 saturated heterocycles. The lowest BCUT2D eigenvalue weighted by molar-refractivity contribution is -0.167. The molecule has 0 radical (unpaired) electrons. The molecule has 0 aliphatic carbocycles. The zero-order chi connectivity index (χ0) is 57.8. The van der Waals surface area contributed by atoms with E-state index in [2.05, 4.69) is 93.7 Å². The molecule has 0 amide bonds. The van der Waals surface area contributed by atoms with Crippen LogP contribution in [0.25, 0.3) is 0 Å². The van der Waals surface area contributed by atoms with Crippen molar-refractivity contribution in [3.63, 3.8) is 0 Å². The fourth-order valence-corrected chi connectivity index (χ4v) is 10.1. The highest BCUT2D eigenvalue weighted by Gasteiger charge is 2.19. The maximum atomic E-state index is 12.9. The zero-order valence-electron chi connectivity index (χ0n) is 53.3. The van der Waals surface area contributed by atoms with E-state index in [9.17, 15) is 14.4 Å². The minimum Gasteiger partial charge on any atom is -0.462 e. The predicted octanol–water partition coefficient (Wildman–Crippen LogP) is 24.1. The minimum absolute atomic E-state index is 0.0808. The van der Waals surface area contributed by atoms with E-state index in [1.54, 1.807) is 0 Å². The first-order chi connectivity index (χ1) is 39.5. The number of esters is 3. The number of ether oxygens (including phenoxy) is 3. The van der Waals surface area contributed by atoms with Gasteiger partial charge in [-0.1, -0.05) is 299 Å². The summed E-state index contributed by atoms with van der Waals surface area (Å²) in [5.41, 5.74) is 0. The Morgan fingerprint density at radius 2 is 0.450 bits per heavy atom. The van der Waals surface area contributed by atoms with Crippen molar-refractivity contribution in [2.75, 3.05) is 13.2 Å². The van der Waals surface area contributed by atoms with Crippen LogP contribution >= 0.6 is 0 Å². The van der Waals surface area contributed by atoms with Crippen LogP contribution in [0.2, 0.25) is 0 Å². The second kappa shape index (κ2) is 68.3. The topological polar surface area (TPSA) is 78.9 Å². The summed E-state index contributed by atoms with van der Waals surface area (Å²) < 4.78 is 16.9. The Kier molecular flexibility index (Phi) is 65.7. The van der Waals surface area contributed by atoms with Crippen molar-refractivity contribution in [2.45, 2.75) is 367 Å². The zero-order valence-corrected chi connectivity index (χ0v) is 53.3. The molecule has 1 unspecified atom stereocenters. The lowest BCUT2D eigenvalue weighted by Gasteiger charge is -2.18. The average molecular weight is 1120 g/mol. The van der Waals surface area contributed by atoms with Gasteiger partial charge in [-0.2, -0.15) is 0 Å². The Labute approximate surface area is 497 Å². The summed E-state index contributed by atoms with van der Waals surface area (Å²) >= 11 is 0. The lowest BCUT2D eigenvalue weighted by Crippen LogP contribution is -2.30. The monoisotopic (exact) mass is 1120 g/mol. The molecule has 0 aromatic rings. The molecule has 464 valence electrons. The standard InChI is InChI=1S/C74H132O6/c1-4-7-10-13-16-19-22-25-27-29-31-33-34-35-36-37-38-39-40-42-43-45-47-49-52-55-58-61-64-67-73(76)79-70-71(69-78-72(75)66-63-60-57-54-51-24-21-18-15-12-9-6-3)80-74(77)68-65-62-59-56-53-50-48-46-44-41-32-30-28-26-23-20-17-14-11-8-5-2/h18,21-23,25-26,29-32,44,46,71H,4-17,19-20,24,27-28,33-43,45,47-70H2,1-3H3/b21-18-,25-22-,26-23-,31-29-,32-30-,46-44-. The van der Waals surface area contributed by atoms with Gasteiger partial charge in [0.05, 0.1) is 0 Å². The summed E-state index contributed by atoms with van der Waals surface area (Å²) in [6.45, 7) is 6.62. The Balaban J connectivity index is 4.23. The van der Waals surface area contributed by atoms with Crippen molar-refractivity contribution >= 4 is 17.9 Å². The number of allylic oxidation sites excluding steroid dienone is 12. The highest BCUT2D eigenvalue weighted by Crippen LogP contribution is 2.17. The first-order valence-corrected chi connectivity index (χ1v) is 34.9. The molecule has 1 atom stereocenters. The van der Waals surface area contributed by atoms with Gasteiger partial charge in [0.25, 0.3) is 0 Å². The van der Waals surface area contributed by atoms with Crippen LogP contribution in [0.5, 0.6) is 0 Å².